The number of unbranched alkanes of at least 4 members (excludes halogenated alkanes) is 1. The van der Waals surface area contributed by atoms with Crippen molar-refractivity contribution in [1.82, 2.24) is 0 Å². The van der Waals surface area contributed by atoms with Gasteiger partial charge < -0.3 is 9.47 Å². The summed E-state index contributed by atoms with van der Waals surface area (Å²) in [5.41, 5.74) is 3.93. The summed E-state index contributed by atoms with van der Waals surface area (Å²) in [5.74, 6) is 1.62. The molecule has 0 aliphatic heterocycles. The zero-order chi connectivity index (χ0) is 18.9. The molecule has 3 heteroatoms. The smallest absolute Gasteiger partial charge is 0.152 e. The third-order valence-electron chi connectivity index (χ3n) is 4.30. The molecule has 0 aromatic heterocycles. The van der Waals surface area contributed by atoms with Gasteiger partial charge in [0, 0.05) is 17.3 Å². The van der Waals surface area contributed by atoms with Gasteiger partial charge in [0.1, 0.15) is 11.4 Å². The molecule has 0 radical (unpaired) electrons. The van der Waals surface area contributed by atoms with Crippen molar-refractivity contribution in [3.05, 3.63) is 78.4 Å². The summed E-state index contributed by atoms with van der Waals surface area (Å²) in [6, 6.07) is 24.2. The number of benzene rings is 3. The zero-order valence-electron chi connectivity index (χ0n) is 15.9. The van der Waals surface area contributed by atoms with E-state index in [0.29, 0.717) is 6.61 Å². The summed E-state index contributed by atoms with van der Waals surface area (Å²) in [7, 11) is 1.67. The Morgan fingerprint density at radius 1 is 0.889 bits per heavy atom. The fourth-order valence-corrected chi connectivity index (χ4v) is 2.85. The minimum Gasteiger partial charge on any atom is -0.496 e. The largest absolute Gasteiger partial charge is 0.496 e. The lowest BCUT2D eigenvalue weighted by molar-refractivity contribution is 0.312. The number of ether oxygens (including phenoxy) is 2. The van der Waals surface area contributed by atoms with Crippen LogP contribution in [-0.2, 0) is 0 Å². The molecule has 0 saturated carbocycles. The molecule has 0 aliphatic rings. The Bertz CT molecular complexity index is 888. The Morgan fingerprint density at radius 3 is 2.44 bits per heavy atom. The molecule has 0 aliphatic carbocycles. The van der Waals surface area contributed by atoms with E-state index in [1.54, 1.807) is 7.11 Å². The second-order valence-electron chi connectivity index (χ2n) is 6.22. The van der Waals surface area contributed by atoms with E-state index in [1.807, 2.05) is 60.8 Å². The van der Waals surface area contributed by atoms with Gasteiger partial charge in [-0.15, -0.1) is 0 Å². The molecular formula is C24H25NO2. The summed E-state index contributed by atoms with van der Waals surface area (Å²) < 4.78 is 11.6. The van der Waals surface area contributed by atoms with Crippen LogP contribution in [0.1, 0.15) is 25.3 Å². The SMILES string of the molecule is CCCCOc1c(/N=C/c2ccccc2OC)cccc1-c1ccccc1. The normalized spacial score (nSPS) is 10.9. The van der Waals surface area contributed by atoms with Crippen LogP contribution in [0.25, 0.3) is 11.1 Å². The molecule has 0 saturated heterocycles. The molecule has 0 spiro atoms. The van der Waals surface area contributed by atoms with Crippen molar-refractivity contribution < 1.29 is 9.47 Å². The van der Waals surface area contributed by atoms with Gasteiger partial charge in [-0.3, -0.25) is 4.99 Å². The summed E-state index contributed by atoms with van der Waals surface area (Å²) in [6.07, 6.45) is 3.93. The predicted molar refractivity (Wildman–Crippen MR) is 113 cm³/mol. The van der Waals surface area contributed by atoms with Gasteiger partial charge in [0.15, 0.2) is 5.75 Å². The molecule has 3 nitrogen and oxygen atoms in total. The Balaban J connectivity index is 1.99. The Hall–Kier alpha value is -3.07. The maximum atomic E-state index is 6.16. The molecule has 0 atom stereocenters. The molecule has 0 fully saturated rings. The van der Waals surface area contributed by atoms with Gasteiger partial charge in [-0.25, -0.2) is 0 Å². The van der Waals surface area contributed by atoms with E-state index in [4.69, 9.17) is 14.5 Å². The van der Waals surface area contributed by atoms with E-state index < -0.39 is 0 Å². The van der Waals surface area contributed by atoms with E-state index in [-0.39, 0.29) is 0 Å². The van der Waals surface area contributed by atoms with Crippen LogP contribution in [0.15, 0.2) is 77.8 Å². The highest BCUT2D eigenvalue weighted by atomic mass is 16.5. The monoisotopic (exact) mass is 359 g/mol. The number of aliphatic imine (C=N–C) groups is 1. The van der Waals surface area contributed by atoms with Crippen LogP contribution in [0.2, 0.25) is 0 Å². The second kappa shape index (κ2) is 9.58. The van der Waals surface area contributed by atoms with Crippen molar-refractivity contribution in [2.45, 2.75) is 19.8 Å². The molecule has 0 bridgehead atoms. The Kier molecular flexibility index (Phi) is 6.64. The number of methoxy groups -OCH3 is 1. The molecular weight excluding hydrogens is 334 g/mol. The third-order valence-corrected chi connectivity index (χ3v) is 4.30. The fourth-order valence-electron chi connectivity index (χ4n) is 2.85. The van der Waals surface area contributed by atoms with E-state index >= 15 is 0 Å². The average Bonchev–Trinajstić information content (AvgIpc) is 2.73. The van der Waals surface area contributed by atoms with Gasteiger partial charge in [0.05, 0.1) is 13.7 Å². The van der Waals surface area contributed by atoms with Crippen LogP contribution in [0.5, 0.6) is 11.5 Å². The van der Waals surface area contributed by atoms with Crippen LogP contribution in [0.4, 0.5) is 5.69 Å². The minimum absolute atomic E-state index is 0.678. The van der Waals surface area contributed by atoms with Crippen molar-refractivity contribution >= 4 is 11.9 Å². The molecule has 3 aromatic rings. The van der Waals surface area contributed by atoms with E-state index in [0.717, 1.165) is 46.7 Å². The van der Waals surface area contributed by atoms with Crippen molar-refractivity contribution in [3.63, 3.8) is 0 Å². The van der Waals surface area contributed by atoms with E-state index in [1.165, 1.54) is 0 Å². The predicted octanol–water partition coefficient (Wildman–Crippen LogP) is 6.29. The third kappa shape index (κ3) is 4.76. The van der Waals surface area contributed by atoms with E-state index in [2.05, 4.69) is 25.1 Å². The molecule has 0 N–H and O–H groups in total. The van der Waals surface area contributed by atoms with Crippen molar-refractivity contribution in [2.24, 2.45) is 4.99 Å². The highest BCUT2D eigenvalue weighted by molar-refractivity contribution is 5.87. The topological polar surface area (TPSA) is 30.8 Å². The lowest BCUT2D eigenvalue weighted by Crippen LogP contribution is -1.99. The average molecular weight is 359 g/mol. The first kappa shape index (κ1) is 18.7. The van der Waals surface area contributed by atoms with E-state index in [9.17, 15) is 0 Å². The highest BCUT2D eigenvalue weighted by Crippen LogP contribution is 2.38. The first-order valence-corrected chi connectivity index (χ1v) is 9.31. The molecule has 27 heavy (non-hydrogen) atoms. The summed E-state index contributed by atoms with van der Waals surface area (Å²) >= 11 is 0. The lowest BCUT2D eigenvalue weighted by atomic mass is 10.0. The van der Waals surface area contributed by atoms with Gasteiger partial charge in [0.2, 0.25) is 0 Å². The lowest BCUT2D eigenvalue weighted by Gasteiger charge is -2.14. The first-order chi connectivity index (χ1) is 13.3. The molecule has 0 unspecified atom stereocenters. The number of nitrogens with zero attached hydrogens (tertiary/aromatic N) is 1. The Morgan fingerprint density at radius 2 is 1.67 bits per heavy atom. The van der Waals surface area contributed by atoms with Crippen molar-refractivity contribution in [3.8, 4) is 22.6 Å². The minimum atomic E-state index is 0.678. The maximum absolute atomic E-state index is 6.16. The van der Waals surface area contributed by atoms with Crippen LogP contribution < -0.4 is 9.47 Å². The van der Waals surface area contributed by atoms with Crippen LogP contribution in [0, 0.1) is 0 Å². The quantitative estimate of drug-likeness (QED) is 0.349. The summed E-state index contributed by atoms with van der Waals surface area (Å²) in [4.78, 5) is 4.72. The van der Waals surface area contributed by atoms with Gasteiger partial charge >= 0.3 is 0 Å². The van der Waals surface area contributed by atoms with Crippen molar-refractivity contribution in [2.75, 3.05) is 13.7 Å². The summed E-state index contributed by atoms with van der Waals surface area (Å²) in [6.45, 7) is 2.84. The first-order valence-electron chi connectivity index (χ1n) is 9.31. The van der Waals surface area contributed by atoms with Gasteiger partial charge in [0.25, 0.3) is 0 Å². The van der Waals surface area contributed by atoms with Gasteiger partial charge in [-0.05, 0) is 30.2 Å². The van der Waals surface area contributed by atoms with Gasteiger partial charge in [-0.2, -0.15) is 0 Å². The Labute approximate surface area is 161 Å². The molecule has 0 amide bonds. The second-order valence-corrected chi connectivity index (χ2v) is 6.22. The number of para-hydroxylation sites is 2. The number of hydrogen-bond donors (Lipinski definition) is 0. The van der Waals surface area contributed by atoms with Crippen LogP contribution >= 0.6 is 0 Å². The summed E-state index contributed by atoms with van der Waals surface area (Å²) in [5, 5.41) is 0. The number of rotatable bonds is 8. The maximum Gasteiger partial charge on any atom is 0.152 e. The number of hydrogen-bond acceptors (Lipinski definition) is 3. The molecule has 3 rings (SSSR count). The van der Waals surface area contributed by atoms with Gasteiger partial charge in [-0.1, -0.05) is 67.9 Å². The van der Waals surface area contributed by atoms with Crippen LogP contribution in [-0.4, -0.2) is 19.9 Å². The molecule has 138 valence electrons. The molecule has 0 heterocycles. The van der Waals surface area contributed by atoms with Crippen LogP contribution in [0.3, 0.4) is 0 Å². The highest BCUT2D eigenvalue weighted by Gasteiger charge is 2.11. The fraction of sp³-hybridized carbons (Fsp3) is 0.208. The standard InChI is InChI=1S/C24H25NO2/c1-3-4-17-27-24-21(19-11-6-5-7-12-19)14-10-15-22(24)25-18-20-13-8-9-16-23(20)26-2/h5-16,18H,3-4,17H2,1-2H3/b25-18+. The molecule has 3 aromatic carbocycles. The zero-order valence-corrected chi connectivity index (χ0v) is 15.9. The van der Waals surface area contributed by atoms with Crippen molar-refractivity contribution in [1.29, 1.82) is 0 Å².